The molecule has 4 rings (SSSR count). The van der Waals surface area contributed by atoms with Crippen molar-refractivity contribution >= 4 is 33.2 Å². The molecule has 0 aliphatic carbocycles. The Morgan fingerprint density at radius 1 is 1.12 bits per heavy atom. The predicted octanol–water partition coefficient (Wildman–Crippen LogP) is 4.59. The van der Waals surface area contributed by atoms with Crippen LogP contribution in [0.3, 0.4) is 0 Å². The van der Waals surface area contributed by atoms with Gasteiger partial charge in [-0.1, -0.05) is 35.9 Å². The van der Waals surface area contributed by atoms with Crippen molar-refractivity contribution in [3.05, 3.63) is 88.7 Å². The van der Waals surface area contributed by atoms with E-state index < -0.39 is 21.9 Å². The van der Waals surface area contributed by atoms with E-state index in [0.29, 0.717) is 27.6 Å². The van der Waals surface area contributed by atoms with Crippen LogP contribution in [-0.2, 0) is 27.9 Å². The lowest BCUT2D eigenvalue weighted by Crippen LogP contribution is -2.37. The molecule has 0 aromatic heterocycles. The number of anilines is 1. The molecule has 0 spiro atoms. The summed E-state index contributed by atoms with van der Waals surface area (Å²) in [6.45, 7) is 1.83. The molecule has 0 fully saturated rings. The van der Waals surface area contributed by atoms with Gasteiger partial charge in [-0.2, -0.15) is 0 Å². The van der Waals surface area contributed by atoms with Gasteiger partial charge in [0.1, 0.15) is 11.6 Å². The van der Waals surface area contributed by atoms with Crippen molar-refractivity contribution in [2.45, 2.75) is 31.0 Å². The SMILES string of the molecule is CC1Oc2ccc(NS(=O)(=O)c3cccc(Cl)c3)cc2CN(Cc2ccccc2F)C1=O. The van der Waals surface area contributed by atoms with Gasteiger partial charge < -0.3 is 9.64 Å². The number of benzene rings is 3. The van der Waals surface area contributed by atoms with E-state index in [1.54, 1.807) is 55.5 Å². The van der Waals surface area contributed by atoms with Crippen molar-refractivity contribution in [3.8, 4) is 5.75 Å². The van der Waals surface area contributed by atoms with Gasteiger partial charge in [0, 0.05) is 34.9 Å². The van der Waals surface area contributed by atoms with Crippen molar-refractivity contribution in [2.24, 2.45) is 0 Å². The number of rotatable bonds is 5. The Labute approximate surface area is 190 Å². The Morgan fingerprint density at radius 3 is 2.66 bits per heavy atom. The van der Waals surface area contributed by atoms with Gasteiger partial charge in [0.05, 0.1) is 4.90 Å². The van der Waals surface area contributed by atoms with E-state index in [0.717, 1.165) is 0 Å². The average molecular weight is 475 g/mol. The number of nitrogens with one attached hydrogen (secondary N) is 1. The first-order chi connectivity index (χ1) is 15.2. The maximum atomic E-state index is 14.2. The number of halogens is 2. The number of fused-ring (bicyclic) bond motifs is 1. The molecule has 3 aromatic rings. The topological polar surface area (TPSA) is 75.7 Å². The van der Waals surface area contributed by atoms with Crippen molar-refractivity contribution in [3.63, 3.8) is 0 Å². The summed E-state index contributed by atoms with van der Waals surface area (Å²) in [7, 11) is -3.87. The van der Waals surface area contributed by atoms with Gasteiger partial charge >= 0.3 is 0 Å². The molecule has 1 heterocycles. The maximum absolute atomic E-state index is 14.2. The second kappa shape index (κ2) is 8.80. The number of hydrogen-bond donors (Lipinski definition) is 1. The average Bonchev–Trinajstić information content (AvgIpc) is 2.86. The highest BCUT2D eigenvalue weighted by molar-refractivity contribution is 7.92. The van der Waals surface area contributed by atoms with Gasteiger partial charge in [-0.15, -0.1) is 0 Å². The van der Waals surface area contributed by atoms with E-state index >= 15 is 0 Å². The summed E-state index contributed by atoms with van der Waals surface area (Å²) in [5.74, 6) is -0.223. The number of hydrogen-bond acceptors (Lipinski definition) is 4. The fourth-order valence-electron chi connectivity index (χ4n) is 3.48. The van der Waals surface area contributed by atoms with E-state index in [9.17, 15) is 17.6 Å². The van der Waals surface area contributed by atoms with Crippen LogP contribution in [-0.4, -0.2) is 25.3 Å². The van der Waals surface area contributed by atoms with Crippen LogP contribution >= 0.6 is 11.6 Å². The number of nitrogens with zero attached hydrogens (tertiary/aromatic N) is 1. The highest BCUT2D eigenvalue weighted by atomic mass is 35.5. The molecule has 1 aliphatic rings. The zero-order chi connectivity index (χ0) is 22.9. The monoisotopic (exact) mass is 474 g/mol. The Bertz CT molecular complexity index is 1280. The molecular formula is C23H20ClFN2O4S. The minimum Gasteiger partial charge on any atom is -0.481 e. The standard InChI is InChI=1S/C23H20ClFN2O4S/c1-15-23(28)27(13-16-5-2-3-8-21(16)25)14-17-11-19(9-10-22(17)31-15)26-32(29,30)20-7-4-6-18(24)12-20/h2-12,15,26H,13-14H2,1H3. The number of amides is 1. The summed E-state index contributed by atoms with van der Waals surface area (Å²) in [4.78, 5) is 14.3. The smallest absolute Gasteiger partial charge is 0.263 e. The van der Waals surface area contributed by atoms with E-state index in [4.69, 9.17) is 16.3 Å². The lowest BCUT2D eigenvalue weighted by atomic mass is 10.1. The molecule has 0 saturated carbocycles. The minimum atomic E-state index is -3.87. The largest absolute Gasteiger partial charge is 0.481 e. The minimum absolute atomic E-state index is 0.0289. The molecule has 1 N–H and O–H groups in total. The second-order valence-electron chi connectivity index (χ2n) is 7.43. The van der Waals surface area contributed by atoms with Gasteiger partial charge in [-0.05, 0) is 49.4 Å². The van der Waals surface area contributed by atoms with Gasteiger partial charge in [0.2, 0.25) is 0 Å². The molecule has 9 heteroatoms. The molecule has 0 bridgehead atoms. The molecule has 3 aromatic carbocycles. The summed E-state index contributed by atoms with van der Waals surface area (Å²) in [6.07, 6.45) is -0.767. The fourth-order valence-corrected chi connectivity index (χ4v) is 4.83. The van der Waals surface area contributed by atoms with Gasteiger partial charge in [0.15, 0.2) is 6.10 Å². The first-order valence-electron chi connectivity index (χ1n) is 9.83. The Morgan fingerprint density at radius 2 is 1.91 bits per heavy atom. The molecule has 1 amide bonds. The van der Waals surface area contributed by atoms with Gasteiger partial charge in [-0.25, -0.2) is 12.8 Å². The van der Waals surface area contributed by atoms with Crippen LogP contribution in [0.1, 0.15) is 18.1 Å². The summed E-state index contributed by atoms with van der Waals surface area (Å²) < 4.78 is 47.9. The molecule has 0 saturated heterocycles. The van der Waals surface area contributed by atoms with Crippen LogP contribution in [0.2, 0.25) is 5.02 Å². The van der Waals surface area contributed by atoms with Crippen molar-refractivity contribution in [1.29, 1.82) is 0 Å². The summed E-state index contributed by atoms with van der Waals surface area (Å²) in [5.41, 5.74) is 1.29. The number of carbonyl (C=O) groups is 1. The Hall–Kier alpha value is -3.10. The third-order valence-corrected chi connectivity index (χ3v) is 6.68. The third kappa shape index (κ3) is 4.71. The van der Waals surface area contributed by atoms with Gasteiger partial charge in [-0.3, -0.25) is 9.52 Å². The number of carbonyl (C=O) groups excluding carboxylic acids is 1. The van der Waals surface area contributed by atoms with E-state index in [2.05, 4.69) is 4.72 Å². The highest BCUT2D eigenvalue weighted by Gasteiger charge is 2.29. The quantitative estimate of drug-likeness (QED) is 0.587. The van der Waals surface area contributed by atoms with Crippen molar-refractivity contribution in [2.75, 3.05) is 4.72 Å². The van der Waals surface area contributed by atoms with Gasteiger partial charge in [0.25, 0.3) is 15.9 Å². The number of ether oxygens (including phenoxy) is 1. The summed E-state index contributed by atoms with van der Waals surface area (Å²) in [5, 5.41) is 0.305. The predicted molar refractivity (Wildman–Crippen MR) is 119 cm³/mol. The Balaban J connectivity index is 1.62. The molecular weight excluding hydrogens is 455 g/mol. The van der Waals surface area contributed by atoms with Crippen LogP contribution < -0.4 is 9.46 Å². The van der Waals surface area contributed by atoms with E-state index in [1.165, 1.54) is 23.1 Å². The van der Waals surface area contributed by atoms with Crippen LogP contribution in [0.15, 0.2) is 71.6 Å². The van der Waals surface area contributed by atoms with Crippen molar-refractivity contribution < 1.29 is 22.3 Å². The highest BCUT2D eigenvalue weighted by Crippen LogP contribution is 2.30. The molecule has 32 heavy (non-hydrogen) atoms. The lowest BCUT2D eigenvalue weighted by Gasteiger charge is -2.22. The van der Waals surface area contributed by atoms with Crippen LogP contribution in [0.25, 0.3) is 0 Å². The zero-order valence-electron chi connectivity index (χ0n) is 17.1. The molecule has 6 nitrogen and oxygen atoms in total. The van der Waals surface area contributed by atoms with E-state index in [1.807, 2.05) is 0 Å². The normalized spacial score (nSPS) is 16.2. The molecule has 1 atom stereocenters. The first kappa shape index (κ1) is 22.1. The van der Waals surface area contributed by atoms with E-state index in [-0.39, 0.29) is 23.9 Å². The van der Waals surface area contributed by atoms with Crippen LogP contribution in [0, 0.1) is 5.82 Å². The summed E-state index contributed by atoms with van der Waals surface area (Å²) in [6, 6.07) is 17.0. The molecule has 1 unspecified atom stereocenters. The lowest BCUT2D eigenvalue weighted by molar-refractivity contribution is -0.138. The van der Waals surface area contributed by atoms with Crippen LogP contribution in [0.5, 0.6) is 5.75 Å². The Kier molecular flexibility index (Phi) is 6.08. The molecule has 1 aliphatic heterocycles. The van der Waals surface area contributed by atoms with Crippen molar-refractivity contribution in [1.82, 2.24) is 4.90 Å². The second-order valence-corrected chi connectivity index (χ2v) is 9.55. The van der Waals surface area contributed by atoms with Crippen LogP contribution in [0.4, 0.5) is 10.1 Å². The summed E-state index contributed by atoms with van der Waals surface area (Å²) >= 11 is 5.91. The zero-order valence-corrected chi connectivity index (χ0v) is 18.7. The molecule has 166 valence electrons. The fraction of sp³-hybridized carbons (Fsp3) is 0.174. The molecule has 0 radical (unpaired) electrons. The third-order valence-electron chi connectivity index (χ3n) is 5.06. The first-order valence-corrected chi connectivity index (χ1v) is 11.7. The number of sulfonamides is 1. The maximum Gasteiger partial charge on any atom is 0.263 e.